The summed E-state index contributed by atoms with van der Waals surface area (Å²) in [5, 5.41) is 10.9. The van der Waals surface area contributed by atoms with Gasteiger partial charge in [0.25, 0.3) is 11.1 Å². The van der Waals surface area contributed by atoms with Crippen molar-refractivity contribution in [3.8, 4) is 5.75 Å². The quantitative estimate of drug-likeness (QED) is 0.454. The van der Waals surface area contributed by atoms with Crippen LogP contribution >= 0.6 is 34.7 Å². The zero-order valence-electron chi connectivity index (χ0n) is 13.0. The Morgan fingerprint density at radius 2 is 2.04 bits per heavy atom. The molecule has 0 radical (unpaired) electrons. The highest BCUT2D eigenvalue weighted by Crippen LogP contribution is 2.33. The lowest BCUT2D eigenvalue weighted by atomic mass is 10.3. The number of hydrogen-bond acceptors (Lipinski definition) is 8. The highest BCUT2D eigenvalue weighted by molar-refractivity contribution is 7.99. The van der Waals surface area contributed by atoms with E-state index in [2.05, 4.69) is 26.2 Å². The maximum Gasteiger partial charge on any atom is 0.283 e. The third-order valence-electron chi connectivity index (χ3n) is 3.22. The molecule has 3 aromatic heterocycles. The van der Waals surface area contributed by atoms with Crippen molar-refractivity contribution < 1.29 is 9.15 Å². The number of hydrogen-bond donors (Lipinski definition) is 0. The van der Waals surface area contributed by atoms with Gasteiger partial charge in [0.15, 0.2) is 6.61 Å². The molecule has 0 saturated heterocycles. The summed E-state index contributed by atoms with van der Waals surface area (Å²) in [6, 6.07) is 9.14. The molecule has 25 heavy (non-hydrogen) atoms. The largest absolute Gasteiger partial charge is 0.484 e. The van der Waals surface area contributed by atoms with E-state index in [0.717, 1.165) is 15.2 Å². The zero-order chi connectivity index (χ0) is 17.2. The fourth-order valence-corrected chi connectivity index (χ4v) is 3.92. The molecule has 1 aromatic carbocycles. The van der Waals surface area contributed by atoms with Gasteiger partial charge < -0.3 is 9.15 Å². The van der Waals surface area contributed by atoms with Crippen LogP contribution in [0.25, 0.3) is 10.2 Å². The van der Waals surface area contributed by atoms with Crippen LogP contribution in [0.15, 0.2) is 51.3 Å². The molecule has 0 amide bonds. The van der Waals surface area contributed by atoms with Crippen LogP contribution in [0.4, 0.5) is 0 Å². The van der Waals surface area contributed by atoms with Crippen molar-refractivity contribution in [2.45, 2.75) is 23.8 Å². The second-order valence-electron chi connectivity index (χ2n) is 5.06. The van der Waals surface area contributed by atoms with Crippen molar-refractivity contribution in [1.29, 1.82) is 0 Å². The van der Waals surface area contributed by atoms with Crippen LogP contribution in [-0.4, -0.2) is 20.2 Å². The molecule has 0 aliphatic carbocycles. The Hall–Kier alpha value is -2.16. The minimum Gasteiger partial charge on any atom is -0.484 e. The van der Waals surface area contributed by atoms with Gasteiger partial charge in [-0.1, -0.05) is 11.6 Å². The zero-order valence-corrected chi connectivity index (χ0v) is 15.4. The van der Waals surface area contributed by atoms with Crippen LogP contribution in [0.1, 0.15) is 10.8 Å². The number of aryl methyl sites for hydroxylation is 1. The fourth-order valence-electron chi connectivity index (χ4n) is 2.13. The van der Waals surface area contributed by atoms with Gasteiger partial charge in [-0.05, 0) is 49.0 Å². The molecule has 9 heteroatoms. The molecule has 126 valence electrons. The van der Waals surface area contributed by atoms with Gasteiger partial charge in [0.05, 0.1) is 0 Å². The number of nitrogens with zero attached hydrogens (tertiary/aromatic N) is 4. The van der Waals surface area contributed by atoms with Gasteiger partial charge in [-0.15, -0.1) is 21.5 Å². The molecule has 4 rings (SSSR count). The standard InChI is InChI=1S/C16H11ClN4O2S2/c1-9-6-12-14(24-9)18-8-19-15(12)25-16-21-20-13(23-16)7-22-11-4-2-10(17)3-5-11/h2-6,8H,7H2,1H3. The molecule has 0 atom stereocenters. The molecule has 0 fully saturated rings. The maximum atomic E-state index is 5.84. The molecule has 0 aliphatic heterocycles. The Morgan fingerprint density at radius 3 is 2.88 bits per heavy atom. The van der Waals surface area contributed by atoms with E-state index in [9.17, 15) is 0 Å². The Labute approximate surface area is 156 Å². The van der Waals surface area contributed by atoms with Crippen molar-refractivity contribution in [2.75, 3.05) is 0 Å². The molecule has 0 unspecified atom stereocenters. The minimum absolute atomic E-state index is 0.186. The first kappa shape index (κ1) is 16.3. The van der Waals surface area contributed by atoms with Crippen molar-refractivity contribution in [3.05, 3.63) is 52.4 Å². The molecule has 0 saturated carbocycles. The Bertz CT molecular complexity index is 1020. The molecule has 0 N–H and O–H groups in total. The van der Waals surface area contributed by atoms with E-state index in [1.807, 2.05) is 6.92 Å². The van der Waals surface area contributed by atoms with Crippen LogP contribution in [0, 0.1) is 6.92 Å². The van der Waals surface area contributed by atoms with E-state index < -0.39 is 0 Å². The summed E-state index contributed by atoms with van der Waals surface area (Å²) < 4.78 is 11.2. The van der Waals surface area contributed by atoms with E-state index in [-0.39, 0.29) is 6.61 Å². The van der Waals surface area contributed by atoms with E-state index in [4.69, 9.17) is 20.8 Å². The van der Waals surface area contributed by atoms with Gasteiger partial charge in [-0.25, -0.2) is 9.97 Å². The minimum atomic E-state index is 0.186. The number of rotatable bonds is 5. The number of halogens is 1. The Kier molecular flexibility index (Phi) is 4.56. The van der Waals surface area contributed by atoms with E-state index in [1.165, 1.54) is 16.6 Å². The Balaban J connectivity index is 1.46. The average molecular weight is 391 g/mol. The van der Waals surface area contributed by atoms with Crippen LogP contribution < -0.4 is 4.74 Å². The number of thiophene rings is 1. The number of fused-ring (bicyclic) bond motifs is 1. The lowest BCUT2D eigenvalue weighted by molar-refractivity contribution is 0.252. The van der Waals surface area contributed by atoms with Crippen molar-refractivity contribution in [3.63, 3.8) is 0 Å². The number of aromatic nitrogens is 4. The fraction of sp³-hybridized carbons (Fsp3) is 0.125. The summed E-state index contributed by atoms with van der Waals surface area (Å²) >= 11 is 8.79. The predicted octanol–water partition coefficient (Wildman–Crippen LogP) is 4.77. The number of ether oxygens (including phenoxy) is 1. The van der Waals surface area contributed by atoms with Crippen molar-refractivity contribution in [1.82, 2.24) is 20.2 Å². The second kappa shape index (κ2) is 6.99. The van der Waals surface area contributed by atoms with E-state index in [1.54, 1.807) is 41.9 Å². The summed E-state index contributed by atoms with van der Waals surface area (Å²) in [4.78, 5) is 10.7. The normalized spacial score (nSPS) is 11.1. The van der Waals surface area contributed by atoms with Gasteiger partial charge in [0.2, 0.25) is 0 Å². The third kappa shape index (κ3) is 3.76. The maximum absolute atomic E-state index is 5.84. The SMILES string of the molecule is Cc1cc2c(Sc3nnc(COc4ccc(Cl)cc4)o3)ncnc2s1. The summed E-state index contributed by atoms with van der Waals surface area (Å²) in [7, 11) is 0. The predicted molar refractivity (Wildman–Crippen MR) is 96.4 cm³/mol. The van der Waals surface area contributed by atoms with Crippen molar-refractivity contribution in [2.24, 2.45) is 0 Å². The second-order valence-corrected chi connectivity index (χ2v) is 7.67. The van der Waals surface area contributed by atoms with Gasteiger partial charge in [-0.2, -0.15) is 0 Å². The molecular formula is C16H11ClN4O2S2. The van der Waals surface area contributed by atoms with Gasteiger partial charge in [0.1, 0.15) is 21.9 Å². The van der Waals surface area contributed by atoms with Gasteiger partial charge in [-0.3, -0.25) is 0 Å². The highest BCUT2D eigenvalue weighted by atomic mass is 35.5. The van der Waals surface area contributed by atoms with E-state index >= 15 is 0 Å². The summed E-state index contributed by atoms with van der Waals surface area (Å²) in [5.41, 5.74) is 0. The smallest absolute Gasteiger partial charge is 0.283 e. The molecule has 4 aromatic rings. The van der Waals surface area contributed by atoms with Crippen LogP contribution in [0.2, 0.25) is 5.02 Å². The third-order valence-corrected chi connectivity index (χ3v) is 5.29. The monoisotopic (exact) mass is 390 g/mol. The van der Waals surface area contributed by atoms with Crippen LogP contribution in [0.3, 0.4) is 0 Å². The lowest BCUT2D eigenvalue weighted by Gasteiger charge is -2.02. The van der Waals surface area contributed by atoms with Crippen molar-refractivity contribution >= 4 is 44.9 Å². The molecular weight excluding hydrogens is 380 g/mol. The molecule has 0 spiro atoms. The first-order chi connectivity index (χ1) is 12.2. The van der Waals surface area contributed by atoms with Gasteiger partial charge in [0, 0.05) is 15.3 Å². The molecule has 6 nitrogen and oxygen atoms in total. The Morgan fingerprint density at radius 1 is 1.20 bits per heavy atom. The number of benzene rings is 1. The topological polar surface area (TPSA) is 73.9 Å². The summed E-state index contributed by atoms with van der Waals surface area (Å²) in [6.07, 6.45) is 1.54. The average Bonchev–Trinajstić information content (AvgIpc) is 3.20. The lowest BCUT2D eigenvalue weighted by Crippen LogP contribution is -1.95. The van der Waals surface area contributed by atoms with Crippen LogP contribution in [-0.2, 0) is 6.61 Å². The highest BCUT2D eigenvalue weighted by Gasteiger charge is 2.13. The molecule has 3 heterocycles. The first-order valence-corrected chi connectivity index (χ1v) is 9.28. The van der Waals surface area contributed by atoms with Gasteiger partial charge >= 0.3 is 0 Å². The summed E-state index contributed by atoms with van der Waals surface area (Å²) in [5.74, 6) is 1.08. The first-order valence-electron chi connectivity index (χ1n) is 7.27. The summed E-state index contributed by atoms with van der Waals surface area (Å²) in [6.45, 7) is 2.23. The molecule has 0 bridgehead atoms. The van der Waals surface area contributed by atoms with Crippen LogP contribution in [0.5, 0.6) is 5.75 Å². The molecule has 0 aliphatic rings. The van der Waals surface area contributed by atoms with E-state index in [0.29, 0.717) is 21.9 Å².